The number of hydrogen-bond acceptors (Lipinski definition) is 2. The molecule has 94 valence electrons. The minimum atomic E-state index is 0.717. The van der Waals surface area contributed by atoms with E-state index in [1.54, 1.807) is 0 Å². The quantitative estimate of drug-likeness (QED) is 0.832. The van der Waals surface area contributed by atoms with Gasteiger partial charge in [0, 0.05) is 24.4 Å². The molecule has 1 aromatic carbocycles. The molecule has 0 spiro atoms. The van der Waals surface area contributed by atoms with Crippen molar-refractivity contribution in [1.29, 1.82) is 0 Å². The van der Waals surface area contributed by atoms with E-state index >= 15 is 0 Å². The molecule has 2 heterocycles. The van der Waals surface area contributed by atoms with Gasteiger partial charge in [-0.2, -0.15) is 0 Å². The lowest BCUT2D eigenvalue weighted by atomic mass is 10.00. The highest BCUT2D eigenvalue weighted by Crippen LogP contribution is 2.23. The van der Waals surface area contributed by atoms with Gasteiger partial charge in [0.1, 0.15) is 11.6 Å². The van der Waals surface area contributed by atoms with E-state index in [-0.39, 0.29) is 0 Å². The Kier molecular flexibility index (Phi) is 3.08. The van der Waals surface area contributed by atoms with Crippen LogP contribution in [-0.4, -0.2) is 14.8 Å². The lowest BCUT2D eigenvalue weighted by molar-refractivity contribution is 0.404. The predicted molar refractivity (Wildman–Crippen MR) is 71.8 cm³/mol. The Morgan fingerprint density at radius 1 is 1.33 bits per heavy atom. The molecule has 0 bridgehead atoms. The van der Waals surface area contributed by atoms with Gasteiger partial charge in [0.25, 0.3) is 0 Å². The fourth-order valence-corrected chi connectivity index (χ4v) is 2.69. The minimum Gasteiger partial charge on any atom is -0.315 e. The molecule has 0 saturated carbocycles. The molecular formula is C14H16ClN3. The van der Waals surface area contributed by atoms with Crippen molar-refractivity contribution < 1.29 is 0 Å². The summed E-state index contributed by atoms with van der Waals surface area (Å²) in [6.45, 7) is 3.30. The van der Waals surface area contributed by atoms with Crippen molar-refractivity contribution in [3.8, 4) is 0 Å². The van der Waals surface area contributed by atoms with E-state index in [9.17, 15) is 0 Å². The molecule has 1 aliphatic heterocycles. The van der Waals surface area contributed by atoms with E-state index in [4.69, 9.17) is 11.6 Å². The molecule has 1 aromatic heterocycles. The van der Waals surface area contributed by atoms with Crippen LogP contribution in [0.2, 0.25) is 5.02 Å². The standard InChI is InChI=1S/C14H16ClN3/c1-10-6-7-18-13(8-10)16-17-14(18)9-11-4-2-3-5-12(11)15/h2-5,10H,6-9H2,1H3. The molecule has 0 fully saturated rings. The number of benzene rings is 1. The topological polar surface area (TPSA) is 30.7 Å². The number of fused-ring (bicyclic) bond motifs is 1. The molecule has 0 N–H and O–H groups in total. The number of halogens is 1. The summed E-state index contributed by atoms with van der Waals surface area (Å²) in [5.74, 6) is 2.87. The number of rotatable bonds is 2. The van der Waals surface area contributed by atoms with Gasteiger partial charge < -0.3 is 4.57 Å². The average Bonchev–Trinajstić information content (AvgIpc) is 2.74. The fraction of sp³-hybridized carbons (Fsp3) is 0.429. The van der Waals surface area contributed by atoms with Gasteiger partial charge in [0.05, 0.1) is 0 Å². The van der Waals surface area contributed by atoms with Crippen molar-refractivity contribution in [3.63, 3.8) is 0 Å². The van der Waals surface area contributed by atoms with Crippen molar-refractivity contribution in [2.24, 2.45) is 5.92 Å². The molecule has 3 rings (SSSR count). The summed E-state index contributed by atoms with van der Waals surface area (Å²) in [5.41, 5.74) is 1.12. The van der Waals surface area contributed by atoms with Gasteiger partial charge >= 0.3 is 0 Å². The summed E-state index contributed by atoms with van der Waals surface area (Å²) in [7, 11) is 0. The molecule has 2 aromatic rings. The maximum Gasteiger partial charge on any atom is 0.137 e. The van der Waals surface area contributed by atoms with Gasteiger partial charge in [-0.15, -0.1) is 10.2 Å². The molecule has 0 radical (unpaired) electrons. The highest BCUT2D eigenvalue weighted by Gasteiger charge is 2.20. The Labute approximate surface area is 112 Å². The average molecular weight is 262 g/mol. The third-order valence-electron chi connectivity index (χ3n) is 3.59. The summed E-state index contributed by atoms with van der Waals surface area (Å²) in [5, 5.41) is 9.43. The van der Waals surface area contributed by atoms with Crippen LogP contribution in [-0.2, 0) is 19.4 Å². The smallest absolute Gasteiger partial charge is 0.137 e. The van der Waals surface area contributed by atoms with E-state index in [1.807, 2.05) is 18.2 Å². The van der Waals surface area contributed by atoms with Crippen LogP contribution in [0.25, 0.3) is 0 Å². The van der Waals surface area contributed by atoms with Crippen LogP contribution in [0.1, 0.15) is 30.6 Å². The molecule has 4 heteroatoms. The van der Waals surface area contributed by atoms with Crippen molar-refractivity contribution >= 4 is 11.6 Å². The maximum atomic E-state index is 6.19. The van der Waals surface area contributed by atoms with Crippen LogP contribution >= 0.6 is 11.6 Å². The molecule has 1 atom stereocenters. The highest BCUT2D eigenvalue weighted by molar-refractivity contribution is 6.31. The third kappa shape index (κ3) is 2.15. The summed E-state index contributed by atoms with van der Waals surface area (Å²) in [6, 6.07) is 7.94. The zero-order valence-electron chi connectivity index (χ0n) is 10.4. The molecule has 0 saturated heterocycles. The summed E-state index contributed by atoms with van der Waals surface area (Å²) in [4.78, 5) is 0. The Morgan fingerprint density at radius 3 is 3.00 bits per heavy atom. The molecule has 1 unspecified atom stereocenters. The van der Waals surface area contributed by atoms with E-state index in [0.717, 1.165) is 47.5 Å². The van der Waals surface area contributed by atoms with E-state index in [0.29, 0.717) is 0 Å². The molecule has 0 amide bonds. The van der Waals surface area contributed by atoms with Gasteiger partial charge in [-0.3, -0.25) is 0 Å². The largest absolute Gasteiger partial charge is 0.315 e. The van der Waals surface area contributed by atoms with Crippen molar-refractivity contribution in [2.75, 3.05) is 0 Å². The van der Waals surface area contributed by atoms with Crippen LogP contribution in [0.5, 0.6) is 0 Å². The lowest BCUT2D eigenvalue weighted by Crippen LogP contribution is -2.19. The lowest BCUT2D eigenvalue weighted by Gasteiger charge is -2.20. The Hall–Kier alpha value is -1.35. The highest BCUT2D eigenvalue weighted by atomic mass is 35.5. The first-order valence-electron chi connectivity index (χ1n) is 6.38. The second-order valence-electron chi connectivity index (χ2n) is 5.05. The van der Waals surface area contributed by atoms with Crippen molar-refractivity contribution in [1.82, 2.24) is 14.8 Å². The summed E-state index contributed by atoms with van der Waals surface area (Å²) in [6.07, 6.45) is 3.01. The molecule has 3 nitrogen and oxygen atoms in total. The zero-order chi connectivity index (χ0) is 12.5. The Balaban J connectivity index is 1.88. The van der Waals surface area contributed by atoms with E-state index < -0.39 is 0 Å². The normalized spacial score (nSPS) is 18.7. The number of nitrogens with zero attached hydrogens (tertiary/aromatic N) is 3. The summed E-state index contributed by atoms with van der Waals surface area (Å²) < 4.78 is 2.25. The third-order valence-corrected chi connectivity index (χ3v) is 3.96. The fourth-order valence-electron chi connectivity index (χ4n) is 2.49. The Bertz CT molecular complexity index is 562. The first kappa shape index (κ1) is 11.7. The number of aromatic nitrogens is 3. The predicted octanol–water partition coefficient (Wildman–Crippen LogP) is 3.10. The minimum absolute atomic E-state index is 0.717. The first-order valence-corrected chi connectivity index (χ1v) is 6.76. The van der Waals surface area contributed by atoms with Crippen LogP contribution in [0.3, 0.4) is 0 Å². The second-order valence-corrected chi connectivity index (χ2v) is 5.46. The molecular weight excluding hydrogens is 246 g/mol. The van der Waals surface area contributed by atoms with Crippen LogP contribution in [0, 0.1) is 5.92 Å². The van der Waals surface area contributed by atoms with Gasteiger partial charge in [-0.05, 0) is 24.0 Å². The SMILES string of the molecule is CC1CCn2c(Cc3ccccc3Cl)nnc2C1. The van der Waals surface area contributed by atoms with Crippen molar-refractivity contribution in [3.05, 3.63) is 46.5 Å². The van der Waals surface area contributed by atoms with E-state index in [1.165, 1.54) is 6.42 Å². The van der Waals surface area contributed by atoms with Gasteiger partial charge in [-0.25, -0.2) is 0 Å². The molecule has 1 aliphatic rings. The Morgan fingerprint density at radius 2 is 2.17 bits per heavy atom. The van der Waals surface area contributed by atoms with Gasteiger partial charge in [-0.1, -0.05) is 36.7 Å². The number of hydrogen-bond donors (Lipinski definition) is 0. The first-order chi connectivity index (χ1) is 8.74. The van der Waals surface area contributed by atoms with Crippen LogP contribution in [0.15, 0.2) is 24.3 Å². The van der Waals surface area contributed by atoms with E-state index in [2.05, 4.69) is 27.8 Å². The maximum absolute atomic E-state index is 6.19. The zero-order valence-corrected chi connectivity index (χ0v) is 11.2. The van der Waals surface area contributed by atoms with Gasteiger partial charge in [0.15, 0.2) is 0 Å². The monoisotopic (exact) mass is 261 g/mol. The molecule has 0 aliphatic carbocycles. The van der Waals surface area contributed by atoms with Crippen molar-refractivity contribution in [2.45, 2.75) is 32.7 Å². The summed E-state index contributed by atoms with van der Waals surface area (Å²) >= 11 is 6.19. The van der Waals surface area contributed by atoms with Crippen LogP contribution < -0.4 is 0 Å². The second kappa shape index (κ2) is 4.73. The van der Waals surface area contributed by atoms with Gasteiger partial charge in [0.2, 0.25) is 0 Å². The molecule has 18 heavy (non-hydrogen) atoms. The van der Waals surface area contributed by atoms with Crippen LogP contribution in [0.4, 0.5) is 0 Å².